The molecule has 8 nitrogen and oxygen atoms in total. The molecule has 0 saturated heterocycles. The summed E-state index contributed by atoms with van der Waals surface area (Å²) in [6.45, 7) is 8.26. The molecule has 0 spiro atoms. The van der Waals surface area contributed by atoms with Gasteiger partial charge in [-0.1, -0.05) is 6.58 Å². The maximum absolute atomic E-state index is 11.1. The lowest BCUT2D eigenvalue weighted by Crippen LogP contribution is -2.34. The Labute approximate surface area is 132 Å². The molecule has 0 aromatic carbocycles. The van der Waals surface area contributed by atoms with E-state index >= 15 is 0 Å². The second-order valence-electron chi connectivity index (χ2n) is 4.98. The summed E-state index contributed by atoms with van der Waals surface area (Å²) in [6, 6.07) is -0.305. The highest BCUT2D eigenvalue weighted by Crippen LogP contribution is 1.97. The third-order valence-electron chi connectivity index (χ3n) is 2.54. The molecule has 0 rings (SSSR count). The second-order valence-corrected chi connectivity index (χ2v) is 6.55. The van der Waals surface area contributed by atoms with Crippen molar-refractivity contribution in [2.45, 2.75) is 26.3 Å². The average molecular weight is 340 g/mol. The van der Waals surface area contributed by atoms with E-state index in [2.05, 4.69) is 11.9 Å². The first kappa shape index (κ1) is 23.3. The number of aliphatic hydroxyl groups is 2. The molecule has 4 N–H and O–H groups in total. The SMILES string of the molecule is C=C(C)C(=O)NC(C)CCS(=O)(=O)O.CN(CCO)CCO. The molecule has 0 aliphatic heterocycles. The number of nitrogens with one attached hydrogen (secondary N) is 1. The van der Waals surface area contributed by atoms with Gasteiger partial charge in [-0.3, -0.25) is 9.35 Å². The Morgan fingerprint density at radius 3 is 2.05 bits per heavy atom. The molecule has 0 aliphatic rings. The van der Waals surface area contributed by atoms with Crippen LogP contribution in [0.3, 0.4) is 0 Å². The van der Waals surface area contributed by atoms with Gasteiger partial charge in [-0.05, 0) is 27.3 Å². The van der Waals surface area contributed by atoms with Gasteiger partial charge in [-0.15, -0.1) is 0 Å². The number of amides is 1. The molecule has 0 bridgehead atoms. The van der Waals surface area contributed by atoms with Crippen LogP contribution in [0, 0.1) is 0 Å². The minimum Gasteiger partial charge on any atom is -0.395 e. The molecule has 0 aromatic rings. The average Bonchev–Trinajstić information content (AvgIpc) is 2.37. The van der Waals surface area contributed by atoms with Crippen molar-refractivity contribution < 1.29 is 28.0 Å². The Balaban J connectivity index is 0. The molecule has 0 heterocycles. The number of hydrogen-bond donors (Lipinski definition) is 4. The van der Waals surface area contributed by atoms with Crippen LogP contribution in [0.4, 0.5) is 0 Å². The standard InChI is InChI=1S/C8H15NO4S.C5H13NO2/c1-6(2)8(10)9-7(3)4-5-14(11,12)13;1-6(2-4-7)3-5-8/h7H,1,4-5H2,2-3H3,(H,9,10)(H,11,12,13);7-8H,2-5H2,1H3. The van der Waals surface area contributed by atoms with Crippen molar-refractivity contribution >= 4 is 16.0 Å². The fourth-order valence-corrected chi connectivity index (χ4v) is 1.85. The van der Waals surface area contributed by atoms with Crippen LogP contribution in [0.25, 0.3) is 0 Å². The van der Waals surface area contributed by atoms with Crippen molar-refractivity contribution in [1.29, 1.82) is 0 Å². The summed E-state index contributed by atoms with van der Waals surface area (Å²) < 4.78 is 29.2. The molecule has 22 heavy (non-hydrogen) atoms. The predicted molar refractivity (Wildman–Crippen MR) is 85.1 cm³/mol. The maximum atomic E-state index is 11.1. The van der Waals surface area contributed by atoms with E-state index in [1.807, 2.05) is 11.9 Å². The molecule has 0 saturated carbocycles. The molecule has 9 heteroatoms. The first-order valence-electron chi connectivity index (χ1n) is 6.85. The zero-order valence-electron chi connectivity index (χ0n) is 13.4. The van der Waals surface area contributed by atoms with Gasteiger partial charge in [0.25, 0.3) is 10.1 Å². The summed E-state index contributed by atoms with van der Waals surface area (Å²) in [6.07, 6.45) is 0.178. The Morgan fingerprint density at radius 2 is 1.73 bits per heavy atom. The zero-order valence-corrected chi connectivity index (χ0v) is 14.3. The van der Waals surface area contributed by atoms with Crippen molar-refractivity contribution in [3.8, 4) is 0 Å². The van der Waals surface area contributed by atoms with E-state index in [4.69, 9.17) is 14.8 Å². The Morgan fingerprint density at radius 1 is 1.27 bits per heavy atom. The van der Waals surface area contributed by atoms with Crippen molar-refractivity contribution in [3.05, 3.63) is 12.2 Å². The molecule has 1 amide bonds. The minimum atomic E-state index is -3.95. The summed E-state index contributed by atoms with van der Waals surface area (Å²) >= 11 is 0. The lowest BCUT2D eigenvalue weighted by molar-refractivity contribution is -0.118. The number of likely N-dealkylation sites (N-methyl/N-ethyl adjacent to an activating group) is 1. The van der Waals surface area contributed by atoms with Gasteiger partial charge >= 0.3 is 0 Å². The molecule has 0 radical (unpaired) electrons. The van der Waals surface area contributed by atoms with Gasteiger partial charge in [-0.25, -0.2) is 0 Å². The van der Waals surface area contributed by atoms with Crippen molar-refractivity contribution in [1.82, 2.24) is 10.2 Å². The van der Waals surface area contributed by atoms with E-state index in [9.17, 15) is 13.2 Å². The highest BCUT2D eigenvalue weighted by molar-refractivity contribution is 7.85. The van der Waals surface area contributed by atoms with Gasteiger partial charge < -0.3 is 20.4 Å². The van der Waals surface area contributed by atoms with Gasteiger partial charge in [-0.2, -0.15) is 8.42 Å². The highest BCUT2D eigenvalue weighted by Gasteiger charge is 2.11. The van der Waals surface area contributed by atoms with Gasteiger partial charge in [0, 0.05) is 24.7 Å². The van der Waals surface area contributed by atoms with E-state index in [0.717, 1.165) is 0 Å². The summed E-state index contributed by atoms with van der Waals surface area (Å²) in [4.78, 5) is 12.9. The van der Waals surface area contributed by atoms with Crippen molar-refractivity contribution in [2.24, 2.45) is 0 Å². The third-order valence-corrected chi connectivity index (χ3v) is 3.29. The predicted octanol–water partition coefficient (Wildman–Crippen LogP) is -0.752. The van der Waals surface area contributed by atoms with Crippen LogP contribution < -0.4 is 5.32 Å². The Kier molecular flexibility index (Phi) is 13.3. The lowest BCUT2D eigenvalue weighted by atomic mass is 10.2. The first-order chi connectivity index (χ1) is 10.0. The quantitative estimate of drug-likeness (QED) is 0.321. The van der Waals surface area contributed by atoms with Crippen LogP contribution in [-0.4, -0.2) is 79.1 Å². The van der Waals surface area contributed by atoms with E-state index in [-0.39, 0.29) is 37.3 Å². The molecule has 132 valence electrons. The molecule has 1 unspecified atom stereocenters. The fraction of sp³-hybridized carbons (Fsp3) is 0.769. The van der Waals surface area contributed by atoms with Crippen molar-refractivity contribution in [2.75, 3.05) is 39.1 Å². The summed E-state index contributed by atoms with van der Waals surface area (Å²) in [5.74, 6) is -0.669. The summed E-state index contributed by atoms with van der Waals surface area (Å²) in [5, 5.41) is 19.2. The normalized spacial score (nSPS) is 12.3. The van der Waals surface area contributed by atoms with Crippen LogP contribution in [0.1, 0.15) is 20.3 Å². The number of carbonyl (C=O) groups is 1. The minimum absolute atomic E-state index is 0.163. The van der Waals surface area contributed by atoms with Crippen LogP contribution in [0.5, 0.6) is 0 Å². The topological polar surface area (TPSA) is 127 Å². The highest BCUT2D eigenvalue weighted by atomic mass is 32.2. The number of hydrogen-bond acceptors (Lipinski definition) is 6. The van der Waals surface area contributed by atoms with Crippen LogP contribution >= 0.6 is 0 Å². The maximum Gasteiger partial charge on any atom is 0.264 e. The summed E-state index contributed by atoms with van der Waals surface area (Å²) in [7, 11) is -2.10. The summed E-state index contributed by atoms with van der Waals surface area (Å²) in [5.41, 5.74) is 0.365. The molecular weight excluding hydrogens is 312 g/mol. The molecule has 1 atom stereocenters. The van der Waals surface area contributed by atoms with Gasteiger partial charge in [0.2, 0.25) is 5.91 Å². The fourth-order valence-electron chi connectivity index (χ4n) is 1.20. The Hall–Kier alpha value is -1.00. The van der Waals surface area contributed by atoms with Gasteiger partial charge in [0.15, 0.2) is 0 Å². The van der Waals surface area contributed by atoms with Gasteiger partial charge in [0.05, 0.1) is 19.0 Å². The Bertz CT molecular complexity index is 418. The first-order valence-corrected chi connectivity index (χ1v) is 8.46. The van der Waals surface area contributed by atoms with E-state index in [1.165, 1.54) is 0 Å². The van der Waals surface area contributed by atoms with Crippen molar-refractivity contribution in [3.63, 3.8) is 0 Å². The largest absolute Gasteiger partial charge is 0.395 e. The van der Waals surface area contributed by atoms with E-state index in [0.29, 0.717) is 18.7 Å². The lowest BCUT2D eigenvalue weighted by Gasteiger charge is -2.12. The van der Waals surface area contributed by atoms with Crippen LogP contribution in [0.15, 0.2) is 12.2 Å². The third kappa shape index (κ3) is 17.1. The van der Waals surface area contributed by atoms with Gasteiger partial charge in [0.1, 0.15) is 0 Å². The molecular formula is C13H28N2O6S. The monoisotopic (exact) mass is 340 g/mol. The van der Waals surface area contributed by atoms with E-state index < -0.39 is 10.1 Å². The second kappa shape index (κ2) is 12.5. The molecule has 0 aromatic heterocycles. The van der Waals surface area contributed by atoms with Crippen LogP contribution in [-0.2, 0) is 14.9 Å². The number of aliphatic hydroxyl groups excluding tert-OH is 2. The molecule has 0 aliphatic carbocycles. The number of carbonyl (C=O) groups excluding carboxylic acids is 1. The number of nitrogens with zero attached hydrogens (tertiary/aromatic N) is 1. The number of rotatable bonds is 9. The smallest absolute Gasteiger partial charge is 0.264 e. The van der Waals surface area contributed by atoms with Crippen LogP contribution in [0.2, 0.25) is 0 Å². The zero-order chi connectivity index (χ0) is 17.8. The van der Waals surface area contributed by atoms with E-state index in [1.54, 1.807) is 13.8 Å². The molecule has 0 fully saturated rings.